The Balaban J connectivity index is 1.44. The first-order chi connectivity index (χ1) is 13.0. The van der Waals surface area contributed by atoms with E-state index < -0.39 is 6.10 Å². The number of carbonyl (C=O) groups is 3. The summed E-state index contributed by atoms with van der Waals surface area (Å²) in [5, 5.41) is 18.7. The molecule has 142 valence electrons. The Bertz CT molecular complexity index is 805. The lowest BCUT2D eigenvalue weighted by atomic mass is 10.2. The molecule has 3 rings (SSSR count). The number of benzene rings is 1. The van der Waals surface area contributed by atoms with Crippen LogP contribution in [-0.4, -0.2) is 42.5 Å². The van der Waals surface area contributed by atoms with E-state index in [0.717, 1.165) is 17.7 Å². The Morgan fingerprint density at radius 3 is 2.59 bits per heavy atom. The molecule has 2 aromatic rings. The number of rotatable bonds is 7. The van der Waals surface area contributed by atoms with Gasteiger partial charge in [0.05, 0.1) is 12.6 Å². The topological polar surface area (TPSA) is 98.7 Å². The molecule has 0 radical (unpaired) electrons. The molecular weight excluding hydrogens is 366 g/mol. The lowest BCUT2D eigenvalue weighted by molar-refractivity contribution is -0.120. The van der Waals surface area contributed by atoms with Crippen LogP contribution in [-0.2, 0) is 9.59 Å². The Kier molecular flexibility index (Phi) is 6.20. The molecule has 8 heteroatoms. The fraction of sp³-hybridized carbons (Fsp3) is 0.316. The third kappa shape index (κ3) is 4.93. The number of nitrogens with one attached hydrogen (secondary N) is 2. The minimum Gasteiger partial charge on any atom is -0.387 e. The molecule has 2 heterocycles. The minimum atomic E-state index is -0.767. The molecule has 0 bridgehead atoms. The standard InChI is InChI=1S/C19H21N3O4S/c23-16(14-7-9-27-12-14)10-20-17(24)11-21-19(26)13-3-5-15(6-4-13)22-8-1-2-18(22)25/h3-7,9,12,16,23H,1-2,8,10-11H2,(H,20,24)(H,21,26)/t16-/m1/s1. The second-order valence-electron chi connectivity index (χ2n) is 6.26. The van der Waals surface area contributed by atoms with Gasteiger partial charge in [0.1, 0.15) is 0 Å². The highest BCUT2D eigenvalue weighted by molar-refractivity contribution is 7.07. The van der Waals surface area contributed by atoms with Gasteiger partial charge in [0.2, 0.25) is 11.8 Å². The number of hydrogen-bond acceptors (Lipinski definition) is 5. The second kappa shape index (κ2) is 8.79. The first-order valence-electron chi connectivity index (χ1n) is 8.70. The molecule has 1 aliphatic heterocycles. The van der Waals surface area contributed by atoms with Crippen LogP contribution in [0.5, 0.6) is 0 Å². The zero-order chi connectivity index (χ0) is 19.2. The van der Waals surface area contributed by atoms with Crippen molar-refractivity contribution in [3.63, 3.8) is 0 Å². The number of aliphatic hydroxyl groups excluding tert-OH is 1. The van der Waals surface area contributed by atoms with Crippen molar-refractivity contribution in [3.8, 4) is 0 Å². The average molecular weight is 387 g/mol. The Morgan fingerprint density at radius 1 is 1.19 bits per heavy atom. The molecule has 0 saturated carbocycles. The van der Waals surface area contributed by atoms with E-state index in [1.807, 2.05) is 10.8 Å². The second-order valence-corrected chi connectivity index (χ2v) is 7.04. The highest BCUT2D eigenvalue weighted by atomic mass is 32.1. The SMILES string of the molecule is O=C(CNC(=O)c1ccc(N2CCCC2=O)cc1)NC[C@@H](O)c1ccsc1. The molecule has 3 N–H and O–H groups in total. The largest absolute Gasteiger partial charge is 0.387 e. The number of anilines is 1. The van der Waals surface area contributed by atoms with Crippen molar-refractivity contribution in [1.82, 2.24) is 10.6 Å². The smallest absolute Gasteiger partial charge is 0.251 e. The molecular formula is C19H21N3O4S. The third-order valence-electron chi connectivity index (χ3n) is 4.34. The van der Waals surface area contributed by atoms with Gasteiger partial charge in [-0.05, 0) is 53.1 Å². The molecule has 3 amide bonds. The molecule has 1 aliphatic rings. The maximum atomic E-state index is 12.2. The van der Waals surface area contributed by atoms with E-state index in [1.54, 1.807) is 35.2 Å². The van der Waals surface area contributed by atoms with Crippen molar-refractivity contribution < 1.29 is 19.5 Å². The van der Waals surface area contributed by atoms with Crippen LogP contribution in [0, 0.1) is 0 Å². The van der Waals surface area contributed by atoms with Gasteiger partial charge in [-0.2, -0.15) is 11.3 Å². The van der Waals surface area contributed by atoms with Crippen molar-refractivity contribution in [2.45, 2.75) is 18.9 Å². The summed E-state index contributed by atoms with van der Waals surface area (Å²) in [5.74, 6) is -0.659. The summed E-state index contributed by atoms with van der Waals surface area (Å²) in [4.78, 5) is 37.4. The molecule has 7 nitrogen and oxygen atoms in total. The first kappa shape index (κ1) is 19.1. The molecule has 1 atom stereocenters. The predicted molar refractivity (Wildman–Crippen MR) is 103 cm³/mol. The van der Waals surface area contributed by atoms with Crippen LogP contribution < -0.4 is 15.5 Å². The van der Waals surface area contributed by atoms with Crippen molar-refractivity contribution >= 4 is 34.7 Å². The van der Waals surface area contributed by atoms with Gasteiger partial charge in [0.25, 0.3) is 5.91 Å². The fourth-order valence-electron chi connectivity index (χ4n) is 2.83. The number of hydrogen-bond donors (Lipinski definition) is 3. The lowest BCUT2D eigenvalue weighted by Gasteiger charge is -2.16. The lowest BCUT2D eigenvalue weighted by Crippen LogP contribution is -2.38. The van der Waals surface area contributed by atoms with E-state index in [0.29, 0.717) is 18.5 Å². The zero-order valence-electron chi connectivity index (χ0n) is 14.7. The van der Waals surface area contributed by atoms with E-state index in [4.69, 9.17) is 0 Å². The molecule has 0 spiro atoms. The van der Waals surface area contributed by atoms with Crippen molar-refractivity contribution in [1.29, 1.82) is 0 Å². The normalized spacial score (nSPS) is 14.9. The van der Waals surface area contributed by atoms with Crippen LogP contribution in [0.25, 0.3) is 0 Å². The summed E-state index contributed by atoms with van der Waals surface area (Å²) in [5.41, 5.74) is 1.94. The first-order valence-corrected chi connectivity index (χ1v) is 9.64. The maximum absolute atomic E-state index is 12.2. The van der Waals surface area contributed by atoms with Crippen LogP contribution in [0.3, 0.4) is 0 Å². The van der Waals surface area contributed by atoms with Crippen LogP contribution >= 0.6 is 11.3 Å². The Labute approximate surface area is 161 Å². The van der Waals surface area contributed by atoms with Gasteiger partial charge in [-0.3, -0.25) is 14.4 Å². The van der Waals surface area contributed by atoms with Crippen LogP contribution in [0.15, 0.2) is 41.1 Å². The molecule has 1 aromatic carbocycles. The summed E-state index contributed by atoms with van der Waals surface area (Å²) in [6, 6.07) is 8.52. The molecule has 1 fully saturated rings. The minimum absolute atomic E-state index is 0.0873. The predicted octanol–water partition coefficient (Wildman–Crippen LogP) is 1.45. The van der Waals surface area contributed by atoms with Crippen molar-refractivity contribution in [2.24, 2.45) is 0 Å². The maximum Gasteiger partial charge on any atom is 0.251 e. The molecule has 1 aromatic heterocycles. The van der Waals surface area contributed by atoms with Gasteiger partial charge in [-0.25, -0.2) is 0 Å². The average Bonchev–Trinajstić information content (AvgIpc) is 3.36. The van der Waals surface area contributed by atoms with E-state index >= 15 is 0 Å². The number of aliphatic hydroxyl groups is 1. The van der Waals surface area contributed by atoms with Gasteiger partial charge < -0.3 is 20.6 Å². The van der Waals surface area contributed by atoms with Gasteiger partial charge in [-0.1, -0.05) is 0 Å². The quantitative estimate of drug-likeness (QED) is 0.670. The van der Waals surface area contributed by atoms with E-state index in [2.05, 4.69) is 10.6 Å². The highest BCUT2D eigenvalue weighted by Crippen LogP contribution is 2.21. The number of amides is 3. The van der Waals surface area contributed by atoms with E-state index in [9.17, 15) is 19.5 Å². The summed E-state index contributed by atoms with van der Waals surface area (Å²) in [6.07, 6.45) is 0.632. The molecule has 0 aliphatic carbocycles. The monoisotopic (exact) mass is 387 g/mol. The van der Waals surface area contributed by atoms with Crippen LogP contribution in [0.4, 0.5) is 5.69 Å². The summed E-state index contributed by atoms with van der Waals surface area (Å²) < 4.78 is 0. The Morgan fingerprint density at radius 2 is 1.96 bits per heavy atom. The van der Waals surface area contributed by atoms with Gasteiger partial charge in [0.15, 0.2) is 0 Å². The number of carbonyl (C=O) groups excluding carboxylic acids is 3. The zero-order valence-corrected chi connectivity index (χ0v) is 15.5. The van der Waals surface area contributed by atoms with Crippen molar-refractivity contribution in [3.05, 3.63) is 52.2 Å². The summed E-state index contributed by atoms with van der Waals surface area (Å²) in [7, 11) is 0. The van der Waals surface area contributed by atoms with Gasteiger partial charge >= 0.3 is 0 Å². The van der Waals surface area contributed by atoms with Crippen LogP contribution in [0.2, 0.25) is 0 Å². The van der Waals surface area contributed by atoms with Gasteiger partial charge in [0, 0.05) is 30.8 Å². The van der Waals surface area contributed by atoms with E-state index in [1.165, 1.54) is 11.3 Å². The molecule has 1 saturated heterocycles. The highest BCUT2D eigenvalue weighted by Gasteiger charge is 2.21. The fourth-order valence-corrected chi connectivity index (χ4v) is 3.54. The van der Waals surface area contributed by atoms with Crippen LogP contribution in [0.1, 0.15) is 34.9 Å². The molecule has 0 unspecified atom stereocenters. The van der Waals surface area contributed by atoms with E-state index in [-0.39, 0.29) is 30.8 Å². The number of nitrogens with zero attached hydrogens (tertiary/aromatic N) is 1. The summed E-state index contributed by atoms with van der Waals surface area (Å²) >= 11 is 1.47. The number of thiophene rings is 1. The Hall–Kier alpha value is -2.71. The van der Waals surface area contributed by atoms with Crippen molar-refractivity contribution in [2.75, 3.05) is 24.5 Å². The third-order valence-corrected chi connectivity index (χ3v) is 5.05. The summed E-state index contributed by atoms with van der Waals surface area (Å²) in [6.45, 7) is 0.604. The molecule has 27 heavy (non-hydrogen) atoms. The van der Waals surface area contributed by atoms with Gasteiger partial charge in [-0.15, -0.1) is 0 Å².